The van der Waals surface area contributed by atoms with Crippen molar-refractivity contribution in [1.29, 1.82) is 0 Å². The van der Waals surface area contributed by atoms with Crippen molar-refractivity contribution in [3.05, 3.63) is 59.2 Å². The Hall–Kier alpha value is -1.89. The van der Waals surface area contributed by atoms with Crippen molar-refractivity contribution < 1.29 is 4.79 Å². The number of Topliss-reactive ketones (excluding diaryl/α,β-unsaturated/α-hetero) is 1. The quantitative estimate of drug-likeness (QED) is 0.631. The van der Waals surface area contributed by atoms with Crippen LogP contribution in [-0.4, -0.2) is 5.78 Å². The number of benzene rings is 2. The molecule has 0 N–H and O–H groups in total. The number of carbonyl (C=O) groups excluding carboxylic acids is 1. The summed E-state index contributed by atoms with van der Waals surface area (Å²) in [6, 6.07) is 15.4. The third-order valence-corrected chi connectivity index (χ3v) is 4.87. The maximum atomic E-state index is 11.5. The Kier molecular flexibility index (Phi) is 2.73. The molecule has 2 aromatic carbocycles. The highest BCUT2D eigenvalue weighted by Gasteiger charge is 2.26. The lowest BCUT2D eigenvalue weighted by Gasteiger charge is -2.23. The molecule has 1 fully saturated rings. The molecule has 0 bridgehead atoms. The number of hydrogen-bond donors (Lipinski definition) is 0. The Morgan fingerprint density at radius 3 is 2.45 bits per heavy atom. The molecule has 2 aliphatic carbocycles. The van der Waals surface area contributed by atoms with Gasteiger partial charge in [-0.1, -0.05) is 42.5 Å². The Morgan fingerprint density at radius 1 is 0.850 bits per heavy atom. The smallest absolute Gasteiger partial charge is 0.132 e. The Balaban J connectivity index is 1.76. The molecule has 2 aliphatic rings. The van der Waals surface area contributed by atoms with Crippen molar-refractivity contribution in [2.75, 3.05) is 0 Å². The Labute approximate surface area is 119 Å². The summed E-state index contributed by atoms with van der Waals surface area (Å²) in [6.07, 6.45) is 4.66. The summed E-state index contributed by atoms with van der Waals surface area (Å²) in [7, 11) is 0. The Morgan fingerprint density at radius 2 is 1.60 bits per heavy atom. The SMILES string of the molecule is O=C1CCC(c2cccc3c2Cc2ccccc2-3)CC1. The summed E-state index contributed by atoms with van der Waals surface area (Å²) >= 11 is 0. The van der Waals surface area contributed by atoms with Crippen molar-refractivity contribution in [3.63, 3.8) is 0 Å². The lowest BCUT2D eigenvalue weighted by molar-refractivity contribution is -0.120. The minimum atomic E-state index is 0.442. The Bertz CT molecular complexity index is 674. The largest absolute Gasteiger partial charge is 0.300 e. The van der Waals surface area contributed by atoms with Crippen molar-refractivity contribution >= 4 is 5.78 Å². The van der Waals surface area contributed by atoms with E-state index >= 15 is 0 Å². The predicted molar refractivity (Wildman–Crippen MR) is 80.9 cm³/mol. The monoisotopic (exact) mass is 262 g/mol. The topological polar surface area (TPSA) is 17.1 Å². The number of hydrogen-bond acceptors (Lipinski definition) is 1. The van der Waals surface area contributed by atoms with Gasteiger partial charge in [-0.25, -0.2) is 0 Å². The van der Waals surface area contributed by atoms with Gasteiger partial charge in [0, 0.05) is 12.8 Å². The third kappa shape index (κ3) is 1.81. The standard InChI is InChI=1S/C19H18O/c20-15-10-8-13(9-11-15)16-6-3-7-18-17-5-2-1-4-14(17)12-19(16)18/h1-7,13H,8-12H2. The molecule has 0 amide bonds. The van der Waals surface area contributed by atoms with Crippen LogP contribution in [0.25, 0.3) is 11.1 Å². The van der Waals surface area contributed by atoms with Gasteiger partial charge in [0.1, 0.15) is 5.78 Å². The fourth-order valence-electron chi connectivity index (χ4n) is 3.82. The van der Waals surface area contributed by atoms with E-state index in [4.69, 9.17) is 0 Å². The zero-order chi connectivity index (χ0) is 13.5. The molecule has 0 saturated heterocycles. The van der Waals surface area contributed by atoms with Gasteiger partial charge in [0.15, 0.2) is 0 Å². The maximum Gasteiger partial charge on any atom is 0.132 e. The summed E-state index contributed by atoms with van der Waals surface area (Å²) in [5.74, 6) is 1.02. The molecule has 0 aromatic heterocycles. The lowest BCUT2D eigenvalue weighted by atomic mass is 9.80. The molecule has 2 aromatic rings. The summed E-state index contributed by atoms with van der Waals surface area (Å²) in [5.41, 5.74) is 7.26. The summed E-state index contributed by atoms with van der Waals surface area (Å²) < 4.78 is 0. The predicted octanol–water partition coefficient (Wildman–Crippen LogP) is 4.48. The van der Waals surface area contributed by atoms with Crippen molar-refractivity contribution in [2.24, 2.45) is 0 Å². The highest BCUT2D eigenvalue weighted by atomic mass is 16.1. The van der Waals surface area contributed by atoms with Crippen molar-refractivity contribution in [3.8, 4) is 11.1 Å². The first-order chi connectivity index (χ1) is 9.83. The van der Waals surface area contributed by atoms with Crippen LogP contribution < -0.4 is 0 Å². The van der Waals surface area contributed by atoms with Crippen LogP contribution in [0.1, 0.15) is 48.3 Å². The average molecular weight is 262 g/mol. The van der Waals surface area contributed by atoms with Crippen LogP contribution in [0.3, 0.4) is 0 Å². The second kappa shape index (κ2) is 4.59. The minimum absolute atomic E-state index is 0.442. The van der Waals surface area contributed by atoms with Gasteiger partial charge >= 0.3 is 0 Å². The lowest BCUT2D eigenvalue weighted by Crippen LogP contribution is -2.13. The van der Waals surface area contributed by atoms with Gasteiger partial charge in [-0.05, 0) is 53.0 Å². The molecule has 1 saturated carbocycles. The van der Waals surface area contributed by atoms with Crippen molar-refractivity contribution in [1.82, 2.24) is 0 Å². The van der Waals surface area contributed by atoms with E-state index in [0.29, 0.717) is 11.7 Å². The molecule has 0 unspecified atom stereocenters. The summed E-state index contributed by atoms with van der Waals surface area (Å²) in [6.45, 7) is 0. The van der Waals surface area contributed by atoms with Gasteiger partial charge in [-0.15, -0.1) is 0 Å². The summed E-state index contributed by atoms with van der Waals surface area (Å²) in [5, 5.41) is 0. The summed E-state index contributed by atoms with van der Waals surface area (Å²) in [4.78, 5) is 11.5. The molecule has 1 nitrogen and oxygen atoms in total. The van der Waals surface area contributed by atoms with E-state index in [2.05, 4.69) is 42.5 Å². The van der Waals surface area contributed by atoms with Crippen LogP contribution >= 0.6 is 0 Å². The molecule has 0 spiro atoms. The normalized spacial score (nSPS) is 17.9. The number of rotatable bonds is 1. The van der Waals surface area contributed by atoms with Crippen molar-refractivity contribution in [2.45, 2.75) is 38.0 Å². The first-order valence-electron chi connectivity index (χ1n) is 7.54. The van der Waals surface area contributed by atoms with Gasteiger partial charge in [0.25, 0.3) is 0 Å². The van der Waals surface area contributed by atoms with E-state index in [1.165, 1.54) is 27.8 Å². The fraction of sp³-hybridized carbons (Fsp3) is 0.316. The number of fused-ring (bicyclic) bond motifs is 3. The number of ketones is 1. The first-order valence-corrected chi connectivity index (χ1v) is 7.54. The average Bonchev–Trinajstić information content (AvgIpc) is 2.87. The first kappa shape index (κ1) is 11.9. The van der Waals surface area contributed by atoms with E-state index in [9.17, 15) is 4.79 Å². The minimum Gasteiger partial charge on any atom is -0.300 e. The fourth-order valence-corrected chi connectivity index (χ4v) is 3.82. The van der Waals surface area contributed by atoms with E-state index < -0.39 is 0 Å². The van der Waals surface area contributed by atoms with E-state index in [-0.39, 0.29) is 0 Å². The molecule has 20 heavy (non-hydrogen) atoms. The van der Waals surface area contributed by atoms with Crippen LogP contribution in [0.15, 0.2) is 42.5 Å². The van der Waals surface area contributed by atoms with Gasteiger partial charge < -0.3 is 0 Å². The zero-order valence-corrected chi connectivity index (χ0v) is 11.6. The molecule has 0 aliphatic heterocycles. The second-order valence-electron chi connectivity index (χ2n) is 6.02. The van der Waals surface area contributed by atoms with Gasteiger partial charge in [0.05, 0.1) is 0 Å². The third-order valence-electron chi connectivity index (χ3n) is 4.87. The van der Waals surface area contributed by atoms with Gasteiger partial charge in [-0.3, -0.25) is 4.79 Å². The molecular weight excluding hydrogens is 244 g/mol. The zero-order valence-electron chi connectivity index (χ0n) is 11.6. The molecule has 0 atom stereocenters. The molecule has 0 heterocycles. The molecular formula is C19H18O. The van der Waals surface area contributed by atoms with Crippen LogP contribution in [0, 0.1) is 0 Å². The highest BCUT2D eigenvalue weighted by Crippen LogP contribution is 2.42. The maximum absolute atomic E-state index is 11.5. The van der Waals surface area contributed by atoms with E-state index in [0.717, 1.165) is 32.1 Å². The van der Waals surface area contributed by atoms with Crippen LogP contribution in [0.4, 0.5) is 0 Å². The molecule has 4 rings (SSSR count). The van der Waals surface area contributed by atoms with E-state index in [1.54, 1.807) is 0 Å². The van der Waals surface area contributed by atoms with Gasteiger partial charge in [-0.2, -0.15) is 0 Å². The van der Waals surface area contributed by atoms with Crippen LogP contribution in [0.2, 0.25) is 0 Å². The van der Waals surface area contributed by atoms with Gasteiger partial charge in [0.2, 0.25) is 0 Å². The van der Waals surface area contributed by atoms with Crippen LogP contribution in [0.5, 0.6) is 0 Å². The van der Waals surface area contributed by atoms with E-state index in [1.807, 2.05) is 0 Å². The molecule has 0 radical (unpaired) electrons. The second-order valence-corrected chi connectivity index (χ2v) is 6.02. The number of carbonyl (C=O) groups is 1. The highest BCUT2D eigenvalue weighted by molar-refractivity contribution is 5.80. The molecule has 1 heteroatoms. The van der Waals surface area contributed by atoms with Crippen LogP contribution in [-0.2, 0) is 11.2 Å². The molecule has 100 valence electrons.